The van der Waals surface area contributed by atoms with E-state index in [2.05, 4.69) is 136 Å². The maximum absolute atomic E-state index is 13.5. The van der Waals surface area contributed by atoms with Crippen LogP contribution in [-0.2, 0) is 66.1 Å². The van der Waals surface area contributed by atoms with Crippen molar-refractivity contribution in [2.24, 2.45) is 0 Å². The van der Waals surface area contributed by atoms with Crippen LogP contribution in [0.1, 0.15) is 71.7 Å². The first-order valence-electron chi connectivity index (χ1n) is 25.4. The lowest BCUT2D eigenvalue weighted by molar-refractivity contribution is -0.329. The second-order valence-corrected chi connectivity index (χ2v) is 17.4. The zero-order chi connectivity index (χ0) is 56.1. The Kier molecular flexibility index (Phi) is 26.6. The van der Waals surface area contributed by atoms with Crippen LogP contribution in [0.3, 0.4) is 0 Å². The molecule has 0 bridgehead atoms. The van der Waals surface area contributed by atoms with Crippen molar-refractivity contribution in [3.8, 4) is 130 Å². The summed E-state index contributed by atoms with van der Waals surface area (Å²) in [6, 6.07) is 45.3. The number of ether oxygens (including phenoxy) is 6. The van der Waals surface area contributed by atoms with Crippen LogP contribution in [0.25, 0.3) is 0 Å². The number of benzene rings is 5. The highest BCUT2D eigenvalue weighted by Crippen LogP contribution is 2.32. The summed E-state index contributed by atoms with van der Waals surface area (Å²) < 4.78 is 40.3. The first-order valence-corrected chi connectivity index (χ1v) is 25.4. The van der Waals surface area contributed by atoms with Gasteiger partial charge in [-0.2, -0.15) is 0 Å². The van der Waals surface area contributed by atoms with Gasteiger partial charge in [-0.15, -0.1) is 0 Å². The van der Waals surface area contributed by atoms with Crippen molar-refractivity contribution >= 4 is 5.91 Å². The smallest absolute Gasteiger partial charge is 0.297 e. The fraction of sp³-hybridized carbons (Fsp3) is 0.243. The van der Waals surface area contributed by atoms with E-state index in [-0.39, 0.29) is 70.8 Å². The Bertz CT molecular complexity index is 3610. The molecule has 438 valence electrons. The Morgan fingerprint density at radius 2 is 0.900 bits per heavy atom. The van der Waals surface area contributed by atoms with Gasteiger partial charge in [0.1, 0.15) is 30.5 Å². The molecule has 10 heteroatoms. The summed E-state index contributed by atoms with van der Waals surface area (Å²) in [6.45, 7) is 4.19. The van der Waals surface area contributed by atoms with Crippen molar-refractivity contribution < 1.29 is 74.8 Å². The lowest BCUT2D eigenvalue weighted by Crippen LogP contribution is -2.62. The van der Waals surface area contributed by atoms with Crippen LogP contribution in [0.15, 0.2) is 146 Å². The standard InChI is InChI=1S/C70H55NO9.22H2/c1-3-4-5-6-7-8-9-10-11-12-13-14-15-16-17-18-19-20-21-22-35-44-65(73)71-62(66(74)63(72)49-57-47-45-56(2)46-48-57)54-79-70-69(78-53-61-42-33-26-34-43-61)68(77-52-60-40-31-25-32-41-60)67(76-51-59-38-29-24-30-39-59)64(80-70)55-75-50-58-36-27-23-28-37-58;;;;;;;;;;;;;;;;;;;;;;/h23-34,36-43,45-48,62-64,66-70,72,74H,49-55H2,1-2H3,(H,71,73);22*1H/t62-,63+,64?,66-,67?,68?,69?,70?;;;;;;;;;;;;;;;;;;;;;;/m0....................../s1. The molecule has 5 aromatic carbocycles. The van der Waals surface area contributed by atoms with Gasteiger partial charge in [0.2, 0.25) is 0 Å². The van der Waals surface area contributed by atoms with Crippen molar-refractivity contribution in [1.82, 2.24) is 5.32 Å². The minimum absolute atomic E-state index is 0. The van der Waals surface area contributed by atoms with Crippen molar-refractivity contribution in [2.75, 3.05) is 13.2 Å². The maximum atomic E-state index is 13.5. The van der Waals surface area contributed by atoms with E-state index in [9.17, 15) is 15.0 Å². The number of aryl methyl sites for hydroxylation is 1. The fourth-order valence-electron chi connectivity index (χ4n) is 7.58. The number of hydrogen-bond donors (Lipinski definition) is 3. The number of carbonyl (C=O) groups excluding carboxylic acids is 1. The number of amides is 1. The summed E-state index contributed by atoms with van der Waals surface area (Å²) in [6.07, 6.45) is -7.33. The monoisotopic (exact) mass is 1100 g/mol. The summed E-state index contributed by atoms with van der Waals surface area (Å²) in [4.78, 5) is 13.5. The largest absolute Gasteiger partial charge is 0.390 e. The van der Waals surface area contributed by atoms with E-state index in [4.69, 9.17) is 28.4 Å². The van der Waals surface area contributed by atoms with Crippen LogP contribution in [0.5, 0.6) is 0 Å². The number of carbonyl (C=O) groups is 1. The first-order chi connectivity index (χ1) is 39.4. The molecule has 80 heavy (non-hydrogen) atoms. The van der Waals surface area contributed by atoms with Crippen LogP contribution < -0.4 is 5.32 Å². The second-order valence-electron chi connectivity index (χ2n) is 17.4. The molecular weight excluding hydrogens is 999 g/mol. The maximum Gasteiger partial charge on any atom is 0.297 e. The summed E-state index contributed by atoms with van der Waals surface area (Å²) in [5.41, 5.74) is 5.51. The zero-order valence-corrected chi connectivity index (χ0v) is 44.2. The molecule has 0 spiro atoms. The Morgan fingerprint density at radius 3 is 1.35 bits per heavy atom. The molecule has 8 atom stereocenters. The highest BCUT2D eigenvalue weighted by molar-refractivity contribution is 5.94. The van der Waals surface area contributed by atoms with Crippen molar-refractivity contribution in [3.63, 3.8) is 0 Å². The van der Waals surface area contributed by atoms with Crippen LogP contribution in [0.2, 0.25) is 0 Å². The molecule has 1 amide bonds. The molecule has 0 aliphatic carbocycles. The summed E-state index contributed by atoms with van der Waals surface area (Å²) in [7, 11) is 0. The van der Waals surface area contributed by atoms with Gasteiger partial charge in [0, 0.05) is 67.4 Å². The van der Waals surface area contributed by atoms with Crippen molar-refractivity contribution in [3.05, 3.63) is 179 Å². The third kappa shape index (κ3) is 22.6. The molecule has 1 fully saturated rings. The van der Waals surface area contributed by atoms with E-state index in [0.29, 0.717) is 6.61 Å². The van der Waals surface area contributed by atoms with Gasteiger partial charge in [-0.05, 0) is 136 Å². The van der Waals surface area contributed by atoms with Gasteiger partial charge in [-0.3, -0.25) is 4.79 Å². The SMILES string of the molecule is CC#CC#CC#CC#CC#CC#CC#CC#CC#CC#CC#CC(=O)N[C@@H](COC1OC(COCc2ccccc2)C(OCc2ccccc2)C(OCc2ccccc2)C1OCc1ccccc1)[C@H](O)[C@H](O)Cc1ccc(C)cc1.[HH].[HH].[HH].[HH].[HH].[HH].[HH].[HH].[HH].[HH].[HH].[HH].[HH].[HH].[HH].[HH].[HH].[HH].[HH].[HH].[HH].[HH]. The van der Waals surface area contributed by atoms with Crippen LogP contribution in [-0.4, -0.2) is 78.3 Å². The van der Waals surface area contributed by atoms with E-state index >= 15 is 0 Å². The van der Waals surface area contributed by atoms with E-state index in [0.717, 1.165) is 33.4 Å². The van der Waals surface area contributed by atoms with Gasteiger partial charge >= 0.3 is 0 Å². The zero-order valence-electron chi connectivity index (χ0n) is 44.2. The van der Waals surface area contributed by atoms with Gasteiger partial charge in [0.25, 0.3) is 5.91 Å². The van der Waals surface area contributed by atoms with Crippen LogP contribution >= 0.6 is 0 Å². The molecule has 3 N–H and O–H groups in total. The molecular formula is C70H99NO9. The molecule has 1 aliphatic rings. The average Bonchev–Trinajstić information content (AvgIpc) is 0.789. The predicted octanol–water partition coefficient (Wildman–Crippen LogP) is 11.9. The third-order valence-electron chi connectivity index (χ3n) is 11.5. The number of aliphatic hydroxyl groups excluding tert-OH is 2. The van der Waals surface area contributed by atoms with Gasteiger partial charge in [0.15, 0.2) is 6.29 Å². The van der Waals surface area contributed by atoms with Gasteiger partial charge in [-0.25, -0.2) is 0 Å². The average molecular weight is 1100 g/mol. The number of hydrogen-bond acceptors (Lipinski definition) is 9. The first kappa shape index (κ1) is 59.7. The number of nitrogens with one attached hydrogen (secondary N) is 1. The summed E-state index contributed by atoms with van der Waals surface area (Å²) in [5.74, 6) is 54.8. The van der Waals surface area contributed by atoms with Crippen molar-refractivity contribution in [1.29, 1.82) is 0 Å². The lowest BCUT2D eigenvalue weighted by Gasteiger charge is -2.46. The highest BCUT2D eigenvalue weighted by Gasteiger charge is 2.49. The Labute approximate surface area is 503 Å². The molecule has 10 nitrogen and oxygen atoms in total. The molecule has 0 saturated carbocycles. The predicted molar refractivity (Wildman–Crippen MR) is 352 cm³/mol. The van der Waals surface area contributed by atoms with Gasteiger partial charge < -0.3 is 44.0 Å². The minimum Gasteiger partial charge on any atom is -0.390 e. The third-order valence-corrected chi connectivity index (χ3v) is 11.5. The van der Waals surface area contributed by atoms with Crippen LogP contribution in [0.4, 0.5) is 0 Å². The minimum atomic E-state index is -1.55. The molecule has 5 aromatic rings. The Balaban J connectivity index is -0.000000219. The molecule has 1 aliphatic heterocycles. The molecule has 1 heterocycles. The Morgan fingerprint density at radius 1 is 0.500 bits per heavy atom. The van der Waals surface area contributed by atoms with E-state index < -0.39 is 54.9 Å². The summed E-state index contributed by atoms with van der Waals surface area (Å²) in [5, 5.41) is 26.1. The topological polar surface area (TPSA) is 125 Å². The van der Waals surface area contributed by atoms with Crippen molar-refractivity contribution in [2.45, 2.75) is 95.7 Å². The molecule has 5 unspecified atom stereocenters. The molecule has 0 radical (unpaired) electrons. The quantitative estimate of drug-likeness (QED) is 0.0616. The van der Waals surface area contributed by atoms with E-state index in [1.165, 1.54) is 0 Å². The number of rotatable bonds is 21. The highest BCUT2D eigenvalue weighted by atomic mass is 16.7. The number of aliphatic hydroxyl groups is 2. The van der Waals surface area contributed by atoms with E-state index in [1.807, 2.05) is 153 Å². The fourth-order valence-corrected chi connectivity index (χ4v) is 7.58. The molecule has 1 saturated heterocycles. The normalized spacial score (nSPS) is 16.2. The molecule has 0 aromatic heterocycles. The van der Waals surface area contributed by atoms with Gasteiger partial charge in [0.05, 0.1) is 51.8 Å². The van der Waals surface area contributed by atoms with Crippen LogP contribution in [0, 0.1) is 137 Å². The summed E-state index contributed by atoms with van der Waals surface area (Å²) >= 11 is 0. The van der Waals surface area contributed by atoms with E-state index in [1.54, 1.807) is 6.92 Å². The second kappa shape index (κ2) is 35.7. The molecule has 6 rings (SSSR count). The lowest BCUT2D eigenvalue weighted by atomic mass is 9.97. The van der Waals surface area contributed by atoms with Gasteiger partial charge in [-0.1, -0.05) is 157 Å². The Hall–Kier alpha value is -9.59.